The van der Waals surface area contributed by atoms with Crippen LogP contribution in [0.4, 0.5) is 5.69 Å². The van der Waals surface area contributed by atoms with Crippen molar-refractivity contribution in [3.8, 4) is 11.5 Å². The number of benzene rings is 2. The fraction of sp³-hybridized carbons (Fsp3) is 0.304. The first-order chi connectivity index (χ1) is 14.6. The average molecular weight is 404 g/mol. The van der Waals surface area contributed by atoms with Gasteiger partial charge in [-0.05, 0) is 36.6 Å². The Labute approximate surface area is 175 Å². The molecule has 0 spiro atoms. The fourth-order valence-electron chi connectivity index (χ4n) is 3.68. The van der Waals surface area contributed by atoms with Crippen molar-refractivity contribution >= 4 is 17.5 Å². The molecule has 1 aliphatic rings. The minimum Gasteiger partial charge on any atom is -0.419 e. The third kappa shape index (κ3) is 3.96. The van der Waals surface area contributed by atoms with Gasteiger partial charge in [-0.25, -0.2) is 0 Å². The Morgan fingerprint density at radius 3 is 2.70 bits per heavy atom. The van der Waals surface area contributed by atoms with Crippen LogP contribution in [0.15, 0.2) is 52.9 Å². The molecule has 4 rings (SSSR count). The van der Waals surface area contributed by atoms with Gasteiger partial charge in [0.1, 0.15) is 12.6 Å². The zero-order valence-corrected chi connectivity index (χ0v) is 17.1. The van der Waals surface area contributed by atoms with Gasteiger partial charge in [0.25, 0.3) is 5.91 Å². The van der Waals surface area contributed by atoms with Crippen LogP contribution in [-0.4, -0.2) is 22.0 Å². The molecule has 0 bridgehead atoms. The molecule has 2 amide bonds. The molecular weight excluding hydrogens is 380 g/mol. The SMILES string of the molecule is CCCCc1ccc2c(c1)[C@@H](NC(C)=O)C(=O)N2Cc1nnc(-c2ccccc2)o1. The number of carbonyl (C=O) groups is 2. The summed E-state index contributed by atoms with van der Waals surface area (Å²) in [7, 11) is 0. The van der Waals surface area contributed by atoms with Gasteiger partial charge in [-0.1, -0.05) is 43.7 Å². The second-order valence-corrected chi connectivity index (χ2v) is 7.42. The van der Waals surface area contributed by atoms with Crippen LogP contribution >= 0.6 is 0 Å². The lowest BCUT2D eigenvalue weighted by Gasteiger charge is -2.15. The van der Waals surface area contributed by atoms with Crippen LogP contribution in [0.25, 0.3) is 11.5 Å². The lowest BCUT2D eigenvalue weighted by Crippen LogP contribution is -2.36. The number of amides is 2. The Balaban J connectivity index is 1.62. The summed E-state index contributed by atoms with van der Waals surface area (Å²) in [6.45, 7) is 3.71. The zero-order chi connectivity index (χ0) is 21.1. The third-order valence-corrected chi connectivity index (χ3v) is 5.15. The fourth-order valence-corrected chi connectivity index (χ4v) is 3.68. The minimum absolute atomic E-state index is 0.149. The monoisotopic (exact) mass is 404 g/mol. The normalized spacial score (nSPS) is 15.3. The third-order valence-electron chi connectivity index (χ3n) is 5.15. The molecule has 0 radical (unpaired) electrons. The van der Waals surface area contributed by atoms with E-state index in [1.165, 1.54) is 6.92 Å². The van der Waals surface area contributed by atoms with Gasteiger partial charge in [-0.2, -0.15) is 0 Å². The highest BCUT2D eigenvalue weighted by Crippen LogP contribution is 2.38. The summed E-state index contributed by atoms with van der Waals surface area (Å²) in [5, 5.41) is 11.0. The van der Waals surface area contributed by atoms with Crippen LogP contribution in [0, 0.1) is 0 Å². The van der Waals surface area contributed by atoms with Gasteiger partial charge < -0.3 is 14.6 Å². The smallest absolute Gasteiger partial charge is 0.254 e. The van der Waals surface area contributed by atoms with Gasteiger partial charge in [0.05, 0.1) is 5.69 Å². The number of aryl methyl sites for hydroxylation is 1. The van der Waals surface area contributed by atoms with Crippen molar-refractivity contribution in [3.63, 3.8) is 0 Å². The van der Waals surface area contributed by atoms with Crippen molar-refractivity contribution in [1.29, 1.82) is 0 Å². The first-order valence-corrected chi connectivity index (χ1v) is 10.2. The number of rotatable bonds is 7. The number of hydrogen-bond acceptors (Lipinski definition) is 5. The zero-order valence-electron chi connectivity index (χ0n) is 17.1. The Bertz CT molecular complexity index is 1060. The maximum Gasteiger partial charge on any atom is 0.254 e. The molecule has 0 saturated heterocycles. The van der Waals surface area contributed by atoms with Crippen molar-refractivity contribution in [2.75, 3.05) is 4.90 Å². The molecule has 1 N–H and O–H groups in total. The van der Waals surface area contributed by atoms with Crippen molar-refractivity contribution in [3.05, 3.63) is 65.5 Å². The molecule has 154 valence electrons. The van der Waals surface area contributed by atoms with Crippen LogP contribution in [0.1, 0.15) is 49.7 Å². The number of fused-ring (bicyclic) bond motifs is 1. The second-order valence-electron chi connectivity index (χ2n) is 7.42. The van der Waals surface area contributed by atoms with Crippen molar-refractivity contribution < 1.29 is 14.0 Å². The van der Waals surface area contributed by atoms with E-state index in [2.05, 4.69) is 22.4 Å². The van der Waals surface area contributed by atoms with Crippen molar-refractivity contribution in [2.45, 2.75) is 45.7 Å². The summed E-state index contributed by atoms with van der Waals surface area (Å²) in [6.07, 6.45) is 3.11. The number of hydrogen-bond donors (Lipinski definition) is 1. The second kappa shape index (κ2) is 8.49. The van der Waals surface area contributed by atoms with Crippen LogP contribution in [0.3, 0.4) is 0 Å². The molecule has 1 aliphatic heterocycles. The largest absolute Gasteiger partial charge is 0.419 e. The molecule has 3 aromatic rings. The predicted octanol–water partition coefficient (Wildman–Crippen LogP) is 3.80. The van der Waals surface area contributed by atoms with E-state index in [-0.39, 0.29) is 18.4 Å². The molecule has 0 aliphatic carbocycles. The first kappa shape index (κ1) is 19.8. The van der Waals surface area contributed by atoms with E-state index < -0.39 is 6.04 Å². The lowest BCUT2D eigenvalue weighted by molar-refractivity contribution is -0.126. The number of carbonyl (C=O) groups excluding carboxylic acids is 2. The molecule has 7 nitrogen and oxygen atoms in total. The van der Waals surface area contributed by atoms with E-state index >= 15 is 0 Å². The highest BCUT2D eigenvalue weighted by atomic mass is 16.4. The first-order valence-electron chi connectivity index (χ1n) is 10.2. The Hall–Kier alpha value is -3.48. The Morgan fingerprint density at radius 1 is 1.17 bits per heavy atom. The highest BCUT2D eigenvalue weighted by Gasteiger charge is 2.38. The number of unbranched alkanes of at least 4 members (excludes halogenated alkanes) is 1. The predicted molar refractivity (Wildman–Crippen MR) is 113 cm³/mol. The van der Waals surface area contributed by atoms with Gasteiger partial charge in [0, 0.05) is 18.1 Å². The number of aromatic nitrogens is 2. The summed E-state index contributed by atoms with van der Waals surface area (Å²) >= 11 is 0. The molecule has 0 unspecified atom stereocenters. The van der Waals surface area contributed by atoms with E-state index in [1.54, 1.807) is 4.90 Å². The van der Waals surface area contributed by atoms with E-state index in [9.17, 15) is 9.59 Å². The minimum atomic E-state index is -0.699. The summed E-state index contributed by atoms with van der Waals surface area (Å²) in [6, 6.07) is 14.8. The number of nitrogens with zero attached hydrogens (tertiary/aromatic N) is 3. The number of nitrogens with one attached hydrogen (secondary N) is 1. The highest BCUT2D eigenvalue weighted by molar-refractivity contribution is 6.06. The van der Waals surface area contributed by atoms with Gasteiger partial charge in [0.2, 0.25) is 17.7 Å². The van der Waals surface area contributed by atoms with Crippen molar-refractivity contribution in [1.82, 2.24) is 15.5 Å². The molecule has 0 fully saturated rings. The standard InChI is InChI=1S/C23H24N4O3/c1-3-4-8-16-11-12-19-18(13-16)21(24-15(2)28)23(29)27(19)14-20-25-26-22(30-20)17-9-6-5-7-10-17/h5-7,9-13,21H,3-4,8,14H2,1-2H3,(H,24,28)/t21-/m1/s1. The molecule has 0 saturated carbocycles. The Morgan fingerprint density at radius 2 is 1.97 bits per heavy atom. The van der Waals surface area contributed by atoms with Crippen LogP contribution in [0.5, 0.6) is 0 Å². The van der Waals surface area contributed by atoms with Gasteiger partial charge in [0.15, 0.2) is 0 Å². The molecule has 1 atom stereocenters. The van der Waals surface area contributed by atoms with Gasteiger partial charge in [-0.15, -0.1) is 10.2 Å². The van der Waals surface area contributed by atoms with Gasteiger partial charge >= 0.3 is 0 Å². The molecule has 1 aromatic heterocycles. The Kier molecular flexibility index (Phi) is 5.61. The molecule has 2 aromatic carbocycles. The quantitative estimate of drug-likeness (QED) is 0.647. The lowest BCUT2D eigenvalue weighted by atomic mass is 10.0. The van der Waals surface area contributed by atoms with E-state index in [4.69, 9.17) is 4.42 Å². The van der Waals surface area contributed by atoms with Gasteiger partial charge in [-0.3, -0.25) is 9.59 Å². The molecule has 2 heterocycles. The average Bonchev–Trinajstić information content (AvgIpc) is 3.32. The molecular formula is C23H24N4O3. The van der Waals surface area contributed by atoms with E-state index in [0.717, 1.165) is 41.6 Å². The van der Waals surface area contributed by atoms with E-state index in [0.29, 0.717) is 11.8 Å². The summed E-state index contributed by atoms with van der Waals surface area (Å²) in [5.74, 6) is 0.300. The maximum absolute atomic E-state index is 13.1. The van der Waals surface area contributed by atoms with Crippen molar-refractivity contribution in [2.24, 2.45) is 0 Å². The number of anilines is 1. The molecule has 30 heavy (non-hydrogen) atoms. The summed E-state index contributed by atoms with van der Waals surface area (Å²) in [4.78, 5) is 26.4. The summed E-state index contributed by atoms with van der Waals surface area (Å²) < 4.78 is 5.78. The van der Waals surface area contributed by atoms with Crippen LogP contribution in [0.2, 0.25) is 0 Å². The summed E-state index contributed by atoms with van der Waals surface area (Å²) in [5.41, 5.74) is 3.55. The molecule has 7 heteroatoms. The van der Waals surface area contributed by atoms with Crippen LogP contribution < -0.4 is 10.2 Å². The van der Waals surface area contributed by atoms with E-state index in [1.807, 2.05) is 48.5 Å². The maximum atomic E-state index is 13.1. The van der Waals surface area contributed by atoms with Crippen LogP contribution in [-0.2, 0) is 22.6 Å². The topological polar surface area (TPSA) is 88.3 Å².